The van der Waals surface area contributed by atoms with Crippen LogP contribution in [-0.4, -0.2) is 38.4 Å². The Morgan fingerprint density at radius 2 is 1.36 bits per heavy atom. The molecule has 0 aromatic rings. The molecule has 0 aromatic heterocycles. The number of carboxylic acids is 1. The van der Waals surface area contributed by atoms with Gasteiger partial charge in [-0.3, -0.25) is 0 Å². The molecule has 1 N–H and O–H groups in total. The SMILES string of the molecule is COC(CCCCCCCCCC=C(C)C(=O)O)(OC)OC. The van der Waals surface area contributed by atoms with Gasteiger partial charge in [-0.15, -0.1) is 0 Å². The van der Waals surface area contributed by atoms with Crippen LogP contribution in [0.3, 0.4) is 0 Å². The summed E-state index contributed by atoms with van der Waals surface area (Å²) in [5.74, 6) is -1.71. The third-order valence-electron chi connectivity index (χ3n) is 3.91. The maximum atomic E-state index is 10.6. The van der Waals surface area contributed by atoms with Crippen molar-refractivity contribution in [2.24, 2.45) is 0 Å². The standard InChI is InChI=1S/C17H32O5/c1-15(16(18)19)13-11-9-7-5-6-8-10-12-14-17(20-2,21-3)22-4/h13H,5-12,14H2,1-4H3,(H,18,19). The minimum atomic E-state index is -0.895. The molecule has 0 amide bonds. The number of methoxy groups -OCH3 is 3. The molecule has 0 rings (SSSR count). The smallest absolute Gasteiger partial charge is 0.330 e. The minimum absolute atomic E-state index is 0.443. The number of ether oxygens (including phenoxy) is 3. The molecule has 0 aliphatic rings. The average molecular weight is 316 g/mol. The predicted octanol–water partition coefficient (Wildman–Crippen LogP) is 4.12. The second-order valence-electron chi connectivity index (χ2n) is 5.50. The molecule has 0 radical (unpaired) electrons. The Balaban J connectivity index is 3.52. The fourth-order valence-electron chi connectivity index (χ4n) is 2.33. The Morgan fingerprint density at radius 1 is 0.909 bits per heavy atom. The fourth-order valence-corrected chi connectivity index (χ4v) is 2.33. The van der Waals surface area contributed by atoms with E-state index in [0.717, 1.165) is 38.5 Å². The third-order valence-corrected chi connectivity index (χ3v) is 3.91. The summed E-state index contributed by atoms with van der Waals surface area (Å²) in [6, 6.07) is 0. The lowest BCUT2D eigenvalue weighted by Gasteiger charge is -2.28. The van der Waals surface area contributed by atoms with E-state index in [1.54, 1.807) is 28.3 Å². The Kier molecular flexibility index (Phi) is 12.1. The van der Waals surface area contributed by atoms with Crippen LogP contribution in [0.15, 0.2) is 11.6 Å². The van der Waals surface area contributed by atoms with Gasteiger partial charge in [-0.25, -0.2) is 4.79 Å². The number of rotatable bonds is 14. The number of carbonyl (C=O) groups is 1. The lowest BCUT2D eigenvalue weighted by atomic mass is 10.1. The van der Waals surface area contributed by atoms with Gasteiger partial charge in [0.15, 0.2) is 0 Å². The number of hydrogen-bond acceptors (Lipinski definition) is 4. The maximum absolute atomic E-state index is 10.6. The molecule has 0 aromatic carbocycles. The zero-order valence-electron chi connectivity index (χ0n) is 14.5. The zero-order valence-corrected chi connectivity index (χ0v) is 14.5. The second-order valence-corrected chi connectivity index (χ2v) is 5.50. The number of allylic oxidation sites excluding steroid dienone is 1. The van der Waals surface area contributed by atoms with Crippen molar-refractivity contribution in [3.63, 3.8) is 0 Å². The van der Waals surface area contributed by atoms with Crippen LogP contribution in [-0.2, 0) is 19.0 Å². The van der Waals surface area contributed by atoms with Crippen molar-refractivity contribution in [1.82, 2.24) is 0 Å². The second kappa shape index (κ2) is 12.6. The highest BCUT2D eigenvalue weighted by Crippen LogP contribution is 2.21. The molecule has 0 aliphatic heterocycles. The van der Waals surface area contributed by atoms with Crippen LogP contribution in [0.1, 0.15) is 64.7 Å². The highest BCUT2D eigenvalue weighted by atomic mass is 16.9. The predicted molar refractivity (Wildman–Crippen MR) is 86.7 cm³/mol. The summed E-state index contributed by atoms with van der Waals surface area (Å²) in [6.07, 6.45) is 11.4. The van der Waals surface area contributed by atoms with Crippen LogP contribution in [0.25, 0.3) is 0 Å². The van der Waals surface area contributed by atoms with Crippen molar-refractivity contribution < 1.29 is 24.1 Å². The van der Waals surface area contributed by atoms with Gasteiger partial charge in [-0.2, -0.15) is 0 Å². The highest BCUT2D eigenvalue weighted by molar-refractivity contribution is 5.85. The van der Waals surface area contributed by atoms with Crippen LogP contribution in [0.4, 0.5) is 0 Å². The maximum Gasteiger partial charge on any atom is 0.330 e. The van der Waals surface area contributed by atoms with Gasteiger partial charge in [0.25, 0.3) is 5.97 Å². The van der Waals surface area contributed by atoms with Crippen molar-refractivity contribution >= 4 is 5.97 Å². The van der Waals surface area contributed by atoms with Crippen molar-refractivity contribution in [2.45, 2.75) is 70.7 Å². The number of aliphatic carboxylic acids is 1. The molecule has 0 saturated heterocycles. The van der Waals surface area contributed by atoms with E-state index in [1.807, 2.05) is 6.08 Å². The molecule has 0 bridgehead atoms. The summed E-state index contributed by atoms with van der Waals surface area (Å²) in [4.78, 5) is 10.6. The molecular weight excluding hydrogens is 284 g/mol. The first kappa shape index (κ1) is 21.1. The van der Waals surface area contributed by atoms with E-state index in [0.29, 0.717) is 5.57 Å². The summed E-state index contributed by atoms with van der Waals surface area (Å²) >= 11 is 0. The first-order valence-electron chi connectivity index (χ1n) is 8.07. The van der Waals surface area contributed by atoms with Gasteiger partial charge in [0.05, 0.1) is 0 Å². The Labute approximate surface area is 134 Å². The van der Waals surface area contributed by atoms with E-state index in [-0.39, 0.29) is 0 Å². The minimum Gasteiger partial charge on any atom is -0.478 e. The molecule has 0 heterocycles. The summed E-state index contributed by atoms with van der Waals surface area (Å²) in [7, 11) is 4.77. The molecular formula is C17H32O5. The zero-order chi connectivity index (χ0) is 16.8. The first-order valence-corrected chi connectivity index (χ1v) is 8.07. The normalized spacial score (nSPS) is 12.6. The van der Waals surface area contributed by atoms with Gasteiger partial charge < -0.3 is 19.3 Å². The monoisotopic (exact) mass is 316 g/mol. The summed E-state index contributed by atoms with van der Waals surface area (Å²) in [5, 5.41) is 8.72. The Bertz CT molecular complexity index is 313. The Hall–Kier alpha value is -0.910. The molecule has 130 valence electrons. The first-order chi connectivity index (χ1) is 10.5. The van der Waals surface area contributed by atoms with E-state index >= 15 is 0 Å². The van der Waals surface area contributed by atoms with Crippen molar-refractivity contribution in [3.8, 4) is 0 Å². The molecule has 5 heteroatoms. The highest BCUT2D eigenvalue weighted by Gasteiger charge is 2.28. The summed E-state index contributed by atoms with van der Waals surface area (Å²) < 4.78 is 15.8. The van der Waals surface area contributed by atoms with Crippen LogP contribution in [0, 0.1) is 0 Å². The van der Waals surface area contributed by atoms with Gasteiger partial charge in [0.2, 0.25) is 0 Å². The molecule has 0 unspecified atom stereocenters. The van der Waals surface area contributed by atoms with Crippen LogP contribution in [0.2, 0.25) is 0 Å². The van der Waals surface area contributed by atoms with E-state index in [1.165, 1.54) is 19.3 Å². The fraction of sp³-hybridized carbons (Fsp3) is 0.824. The molecule has 0 spiro atoms. The molecule has 22 heavy (non-hydrogen) atoms. The average Bonchev–Trinajstić information content (AvgIpc) is 2.53. The van der Waals surface area contributed by atoms with E-state index < -0.39 is 11.9 Å². The van der Waals surface area contributed by atoms with Crippen LogP contribution in [0.5, 0.6) is 0 Å². The van der Waals surface area contributed by atoms with Gasteiger partial charge in [-0.05, 0) is 26.2 Å². The Morgan fingerprint density at radius 3 is 1.82 bits per heavy atom. The molecule has 5 nitrogen and oxygen atoms in total. The van der Waals surface area contributed by atoms with E-state index in [4.69, 9.17) is 19.3 Å². The molecule has 0 fully saturated rings. The number of carboxylic acid groups (broad SMARTS) is 1. The van der Waals surface area contributed by atoms with E-state index in [2.05, 4.69) is 0 Å². The lowest BCUT2D eigenvalue weighted by Crippen LogP contribution is -2.35. The van der Waals surface area contributed by atoms with Gasteiger partial charge >= 0.3 is 5.97 Å². The van der Waals surface area contributed by atoms with E-state index in [9.17, 15) is 4.79 Å². The molecule has 0 aliphatic carbocycles. The third kappa shape index (κ3) is 9.18. The topological polar surface area (TPSA) is 65.0 Å². The van der Waals surface area contributed by atoms with Crippen LogP contribution < -0.4 is 0 Å². The van der Waals surface area contributed by atoms with Crippen molar-refractivity contribution in [3.05, 3.63) is 11.6 Å². The summed E-state index contributed by atoms with van der Waals surface area (Å²) in [5.41, 5.74) is 0.443. The van der Waals surface area contributed by atoms with Crippen molar-refractivity contribution in [1.29, 1.82) is 0 Å². The van der Waals surface area contributed by atoms with Gasteiger partial charge in [-0.1, -0.05) is 38.2 Å². The van der Waals surface area contributed by atoms with Gasteiger partial charge in [0.1, 0.15) is 0 Å². The molecule has 0 saturated carbocycles. The number of hydrogen-bond donors (Lipinski definition) is 1. The largest absolute Gasteiger partial charge is 0.478 e. The van der Waals surface area contributed by atoms with Crippen molar-refractivity contribution in [2.75, 3.05) is 21.3 Å². The quantitative estimate of drug-likeness (QED) is 0.297. The number of unbranched alkanes of at least 4 members (excludes halogenated alkanes) is 7. The summed E-state index contributed by atoms with van der Waals surface area (Å²) in [6.45, 7) is 1.64. The molecule has 0 atom stereocenters. The van der Waals surface area contributed by atoms with Gasteiger partial charge in [0, 0.05) is 33.3 Å². The lowest BCUT2D eigenvalue weighted by molar-refractivity contribution is -0.355. The van der Waals surface area contributed by atoms with Crippen LogP contribution >= 0.6 is 0 Å².